The monoisotopic (exact) mass is 583 g/mol. The van der Waals surface area contributed by atoms with Gasteiger partial charge in [-0.3, -0.25) is 29.7 Å². The number of pyridine rings is 3. The summed E-state index contributed by atoms with van der Waals surface area (Å²) in [6.45, 7) is 7.25. The minimum Gasteiger partial charge on any atom is -0.383 e. The van der Waals surface area contributed by atoms with Gasteiger partial charge in [0, 0.05) is 57.4 Å². The Morgan fingerprint density at radius 2 is 1.95 bits per heavy atom. The molecule has 3 aromatic heterocycles. The molecule has 2 aliphatic rings. The molecular formula is C28H32F3N9O2. The molecule has 0 atom stereocenters. The molecule has 11 nitrogen and oxygen atoms in total. The maximum absolute atomic E-state index is 13.1. The molecule has 3 N–H and O–H groups in total. The number of halogens is 3. The number of carbonyl (C=O) groups excluding carboxylic acids is 1. The molecule has 0 radical (unpaired) electrons. The van der Waals surface area contributed by atoms with Crippen LogP contribution in [-0.4, -0.2) is 72.2 Å². The van der Waals surface area contributed by atoms with Gasteiger partial charge in [-0.15, -0.1) is 5.53 Å². The Kier molecular flexibility index (Phi) is 8.85. The summed E-state index contributed by atoms with van der Waals surface area (Å²) in [5, 5.41) is 4.29. The van der Waals surface area contributed by atoms with E-state index < -0.39 is 17.6 Å². The topological polar surface area (TPSA) is 111 Å². The summed E-state index contributed by atoms with van der Waals surface area (Å²) in [4.78, 5) is 30.0. The number of nitrogens with one attached hydrogen (secondary N) is 3. The van der Waals surface area contributed by atoms with Crippen LogP contribution in [0.4, 0.5) is 30.2 Å². The van der Waals surface area contributed by atoms with Gasteiger partial charge in [0.2, 0.25) is 0 Å². The van der Waals surface area contributed by atoms with Crippen LogP contribution in [0, 0.1) is 6.92 Å². The van der Waals surface area contributed by atoms with Crippen molar-refractivity contribution >= 4 is 28.7 Å². The van der Waals surface area contributed by atoms with Gasteiger partial charge >= 0.3 is 6.18 Å². The first-order chi connectivity index (χ1) is 20.2. The average Bonchev–Trinajstić information content (AvgIpc) is 3.36. The van der Waals surface area contributed by atoms with E-state index >= 15 is 0 Å². The Balaban J connectivity index is 1.29. The van der Waals surface area contributed by atoms with Crippen molar-refractivity contribution in [3.63, 3.8) is 0 Å². The molecule has 0 spiro atoms. The van der Waals surface area contributed by atoms with Gasteiger partial charge in [0.25, 0.3) is 5.91 Å². The number of nitrogens with zero attached hydrogens (tertiary/aromatic N) is 6. The first-order valence-corrected chi connectivity index (χ1v) is 13.5. The Hall–Kier alpha value is -4.27. The van der Waals surface area contributed by atoms with Gasteiger partial charge in [0.15, 0.2) is 0 Å². The van der Waals surface area contributed by atoms with Crippen molar-refractivity contribution in [3.05, 3.63) is 77.8 Å². The van der Waals surface area contributed by atoms with E-state index in [0.717, 1.165) is 75.0 Å². The highest BCUT2D eigenvalue weighted by Crippen LogP contribution is 2.30. The zero-order chi connectivity index (χ0) is 29.7. The highest BCUT2D eigenvalue weighted by atomic mass is 19.4. The molecule has 1 fully saturated rings. The number of anilines is 3. The van der Waals surface area contributed by atoms with Crippen molar-refractivity contribution in [1.82, 2.24) is 30.8 Å². The van der Waals surface area contributed by atoms with Gasteiger partial charge in [0.1, 0.15) is 5.69 Å². The van der Waals surface area contributed by atoms with Crippen molar-refractivity contribution in [1.29, 1.82) is 0 Å². The first kappa shape index (κ1) is 29.2. The summed E-state index contributed by atoms with van der Waals surface area (Å²) in [7, 11) is 1.72. The second-order valence-corrected chi connectivity index (χ2v) is 9.97. The molecule has 1 saturated heterocycles. The highest BCUT2D eigenvalue weighted by Gasteiger charge is 2.31. The lowest BCUT2D eigenvalue weighted by atomic mass is 10.2. The fraction of sp³-hybridized carbons (Fsp3) is 0.357. The smallest absolute Gasteiger partial charge is 0.383 e. The van der Waals surface area contributed by atoms with Gasteiger partial charge in [-0.05, 0) is 44.2 Å². The SMILES string of the molecule is COCCN1CCCN(c2cncc(C3=CN(c4cc(NC(=O)c5cc(C(F)(F)F)ccn5)cnc4C)NN3)c2)CC1. The van der Waals surface area contributed by atoms with Crippen LogP contribution in [-0.2, 0) is 10.9 Å². The highest BCUT2D eigenvalue weighted by molar-refractivity contribution is 6.03. The second-order valence-electron chi connectivity index (χ2n) is 9.97. The summed E-state index contributed by atoms with van der Waals surface area (Å²) in [5.74, 6) is -0.778. The number of methoxy groups -OCH3 is 1. The lowest BCUT2D eigenvalue weighted by molar-refractivity contribution is -0.137. The van der Waals surface area contributed by atoms with Crippen LogP contribution in [0.1, 0.15) is 33.7 Å². The van der Waals surface area contributed by atoms with Crippen LogP contribution < -0.4 is 26.2 Å². The molecule has 0 saturated carbocycles. The number of rotatable bonds is 8. The van der Waals surface area contributed by atoms with Gasteiger partial charge in [-0.2, -0.15) is 13.2 Å². The fourth-order valence-corrected chi connectivity index (χ4v) is 4.77. The molecule has 14 heteroatoms. The van der Waals surface area contributed by atoms with Crippen molar-refractivity contribution in [2.75, 3.05) is 61.7 Å². The number of aryl methyl sites for hydroxylation is 1. The van der Waals surface area contributed by atoms with E-state index in [-0.39, 0.29) is 5.69 Å². The summed E-state index contributed by atoms with van der Waals surface area (Å²) in [6.07, 6.45) is 4.35. The largest absolute Gasteiger partial charge is 0.416 e. The van der Waals surface area contributed by atoms with Crippen LogP contribution >= 0.6 is 0 Å². The normalized spacial score (nSPS) is 16.2. The van der Waals surface area contributed by atoms with E-state index in [9.17, 15) is 18.0 Å². The van der Waals surface area contributed by atoms with E-state index in [1.807, 2.05) is 12.4 Å². The minimum absolute atomic E-state index is 0.299. The first-order valence-electron chi connectivity index (χ1n) is 13.5. The third-order valence-corrected chi connectivity index (χ3v) is 7.07. The van der Waals surface area contributed by atoms with Crippen LogP contribution in [0.15, 0.2) is 55.3 Å². The van der Waals surface area contributed by atoms with Gasteiger partial charge in [-0.1, -0.05) is 0 Å². The molecule has 5 heterocycles. The summed E-state index contributed by atoms with van der Waals surface area (Å²) in [5.41, 5.74) is 9.21. The predicted molar refractivity (Wildman–Crippen MR) is 152 cm³/mol. The lowest BCUT2D eigenvalue weighted by Gasteiger charge is -2.23. The summed E-state index contributed by atoms with van der Waals surface area (Å²) in [6, 6.07) is 5.29. The van der Waals surface area contributed by atoms with Gasteiger partial charge < -0.3 is 20.4 Å². The fourth-order valence-electron chi connectivity index (χ4n) is 4.77. The molecular weight excluding hydrogens is 551 g/mol. The maximum Gasteiger partial charge on any atom is 0.416 e. The lowest BCUT2D eigenvalue weighted by Crippen LogP contribution is -2.36. The third-order valence-electron chi connectivity index (χ3n) is 7.07. The quantitative estimate of drug-likeness (QED) is 0.365. The third kappa shape index (κ3) is 6.95. The molecule has 2 aliphatic heterocycles. The number of carbonyl (C=O) groups is 1. The Morgan fingerprint density at radius 3 is 2.76 bits per heavy atom. The predicted octanol–water partition coefficient (Wildman–Crippen LogP) is 3.44. The van der Waals surface area contributed by atoms with Crippen LogP contribution in [0.25, 0.3) is 5.70 Å². The van der Waals surface area contributed by atoms with Crippen LogP contribution in [0.2, 0.25) is 0 Å². The van der Waals surface area contributed by atoms with Gasteiger partial charge in [0.05, 0.1) is 53.0 Å². The van der Waals surface area contributed by atoms with Crippen molar-refractivity contribution < 1.29 is 22.7 Å². The molecule has 0 aliphatic carbocycles. The Labute approximate surface area is 241 Å². The molecule has 5 rings (SSSR count). The van der Waals surface area contributed by atoms with Crippen LogP contribution in [0.3, 0.4) is 0 Å². The average molecular weight is 584 g/mol. The van der Waals surface area contributed by atoms with Crippen LogP contribution in [0.5, 0.6) is 0 Å². The molecule has 3 aromatic rings. The van der Waals surface area contributed by atoms with E-state index in [4.69, 9.17) is 4.74 Å². The molecule has 0 bridgehead atoms. The van der Waals surface area contributed by atoms with Crippen molar-refractivity contribution in [3.8, 4) is 0 Å². The Bertz CT molecular complexity index is 1450. The zero-order valence-electron chi connectivity index (χ0n) is 23.3. The Morgan fingerprint density at radius 1 is 1.10 bits per heavy atom. The number of hydrogen-bond donors (Lipinski definition) is 3. The molecule has 0 unspecified atom stereocenters. The standard InChI is InChI=1S/C28H32F3N9O2/c1-19-26(14-22(16-34-19)35-27(41)24-13-21(4-5-33-24)28(29,30)31)40-18-25(36-37-40)20-12-23(17-32-15-20)39-7-3-6-38(8-9-39)10-11-42-2/h4-5,12-18,36-37H,3,6-11H2,1-2H3,(H,35,41). The van der Waals surface area contributed by atoms with E-state index in [0.29, 0.717) is 23.1 Å². The number of amides is 1. The molecule has 42 heavy (non-hydrogen) atoms. The summed E-state index contributed by atoms with van der Waals surface area (Å²) < 4.78 is 44.4. The number of ether oxygens (including phenoxy) is 1. The molecule has 0 aromatic carbocycles. The molecule has 1 amide bonds. The minimum atomic E-state index is -4.58. The van der Waals surface area contributed by atoms with E-state index in [2.05, 4.69) is 47.1 Å². The van der Waals surface area contributed by atoms with E-state index in [1.54, 1.807) is 31.3 Å². The number of aromatic nitrogens is 3. The molecule has 222 valence electrons. The number of alkyl halides is 3. The van der Waals surface area contributed by atoms with Crippen molar-refractivity contribution in [2.45, 2.75) is 19.5 Å². The number of hydrogen-bond acceptors (Lipinski definition) is 10. The van der Waals surface area contributed by atoms with Crippen molar-refractivity contribution in [2.24, 2.45) is 0 Å². The maximum atomic E-state index is 13.1. The summed E-state index contributed by atoms with van der Waals surface area (Å²) >= 11 is 0. The van der Waals surface area contributed by atoms with Gasteiger partial charge in [-0.25, -0.2) is 0 Å². The van der Waals surface area contributed by atoms with E-state index in [1.165, 1.54) is 6.20 Å². The zero-order valence-corrected chi connectivity index (χ0v) is 23.3. The number of hydrazine groups is 2. The second kappa shape index (κ2) is 12.7.